The summed E-state index contributed by atoms with van der Waals surface area (Å²) in [6.45, 7) is 3.32. The molecule has 0 bridgehead atoms. The van der Waals surface area contributed by atoms with E-state index in [0.29, 0.717) is 49.0 Å². The standard InChI is InChI=1S/C30H27BrClFN4O5S/c1-3-40-29(39)26-17(2)35-30(43)36-27(26)20-9-5-7-11-24(20)41-16-25(38)37-34-14-18-12-21(31)28(22(32)13-18)42-15-19-8-4-6-10-23(19)33/h4-14,27H,3,15-16H2,1-2H3,(H,37,38)(H2,35,36,43)/t27-/m0/s1. The Bertz CT molecular complexity index is 1580. The van der Waals surface area contributed by atoms with Gasteiger partial charge in [-0.2, -0.15) is 5.10 Å². The average molecular weight is 690 g/mol. The number of carbonyl (C=O) groups excluding carboxylic acids is 2. The van der Waals surface area contributed by atoms with Gasteiger partial charge in [-0.25, -0.2) is 14.6 Å². The maximum absolute atomic E-state index is 13.9. The number of carbonyl (C=O) groups is 2. The Kier molecular flexibility index (Phi) is 11.1. The Morgan fingerprint density at radius 2 is 1.91 bits per heavy atom. The number of benzene rings is 3. The van der Waals surface area contributed by atoms with Crippen molar-refractivity contribution in [3.63, 3.8) is 0 Å². The Morgan fingerprint density at radius 3 is 2.65 bits per heavy atom. The molecular weight excluding hydrogens is 663 g/mol. The summed E-state index contributed by atoms with van der Waals surface area (Å²) < 4.78 is 31.2. The average Bonchev–Trinajstić information content (AvgIpc) is 2.96. The third kappa shape index (κ3) is 8.31. The molecule has 13 heteroatoms. The molecular formula is C30H27BrClFN4O5S. The van der Waals surface area contributed by atoms with Crippen molar-refractivity contribution in [2.24, 2.45) is 5.10 Å². The van der Waals surface area contributed by atoms with Crippen molar-refractivity contribution in [1.29, 1.82) is 0 Å². The minimum absolute atomic E-state index is 0.00196. The summed E-state index contributed by atoms with van der Waals surface area (Å²) in [5, 5.41) is 10.6. The van der Waals surface area contributed by atoms with Crippen LogP contribution in [0.4, 0.5) is 4.39 Å². The molecule has 4 rings (SSSR count). The zero-order valence-electron chi connectivity index (χ0n) is 23.1. The van der Waals surface area contributed by atoms with E-state index < -0.39 is 17.9 Å². The van der Waals surface area contributed by atoms with Crippen LogP contribution in [0.5, 0.6) is 11.5 Å². The maximum Gasteiger partial charge on any atom is 0.338 e. The molecule has 0 aromatic heterocycles. The minimum Gasteiger partial charge on any atom is -0.486 e. The lowest BCUT2D eigenvalue weighted by Gasteiger charge is -2.30. The number of nitrogens with one attached hydrogen (secondary N) is 3. The number of thiocarbonyl (C=S) groups is 1. The Balaban J connectivity index is 1.38. The van der Waals surface area contributed by atoms with Crippen molar-refractivity contribution < 1.29 is 28.2 Å². The summed E-state index contributed by atoms with van der Waals surface area (Å²) in [6, 6.07) is 15.9. The van der Waals surface area contributed by atoms with E-state index in [9.17, 15) is 14.0 Å². The van der Waals surface area contributed by atoms with E-state index in [0.717, 1.165) is 0 Å². The summed E-state index contributed by atoms with van der Waals surface area (Å²) in [6.07, 6.45) is 1.40. The predicted molar refractivity (Wildman–Crippen MR) is 169 cm³/mol. The van der Waals surface area contributed by atoms with Gasteiger partial charge in [-0.3, -0.25) is 4.79 Å². The largest absolute Gasteiger partial charge is 0.486 e. The number of rotatable bonds is 11. The number of hydrazone groups is 1. The summed E-state index contributed by atoms with van der Waals surface area (Å²) in [5.41, 5.74) is 4.89. The highest BCUT2D eigenvalue weighted by atomic mass is 79.9. The monoisotopic (exact) mass is 688 g/mol. The number of esters is 1. The number of hydrogen-bond acceptors (Lipinski definition) is 7. The van der Waals surface area contributed by atoms with Gasteiger partial charge in [0.05, 0.1) is 33.9 Å². The van der Waals surface area contributed by atoms with Crippen LogP contribution in [0.3, 0.4) is 0 Å². The van der Waals surface area contributed by atoms with Gasteiger partial charge in [0.1, 0.15) is 18.2 Å². The van der Waals surface area contributed by atoms with E-state index >= 15 is 0 Å². The Hall–Kier alpha value is -4.00. The molecule has 3 N–H and O–H groups in total. The fraction of sp³-hybridized carbons (Fsp3) is 0.200. The molecule has 0 radical (unpaired) electrons. The quantitative estimate of drug-likeness (QED) is 0.102. The SMILES string of the molecule is CCOC(=O)C1=C(C)NC(=S)N[C@H]1c1ccccc1OCC(=O)NN=Cc1cc(Cl)c(OCc2ccccc2F)c(Br)c1. The fourth-order valence-corrected chi connectivity index (χ4v) is 5.43. The summed E-state index contributed by atoms with van der Waals surface area (Å²) in [7, 11) is 0. The van der Waals surface area contributed by atoms with Crippen molar-refractivity contribution in [3.05, 3.63) is 104 Å². The van der Waals surface area contributed by atoms with Crippen LogP contribution >= 0.6 is 39.7 Å². The van der Waals surface area contributed by atoms with Crippen LogP contribution in [0, 0.1) is 5.82 Å². The van der Waals surface area contributed by atoms with Crippen LogP contribution in [0.2, 0.25) is 5.02 Å². The van der Waals surface area contributed by atoms with E-state index in [4.69, 9.17) is 38.0 Å². The van der Waals surface area contributed by atoms with E-state index in [1.54, 1.807) is 68.4 Å². The van der Waals surface area contributed by atoms with E-state index in [1.165, 1.54) is 12.3 Å². The number of para-hydroxylation sites is 1. The first-order valence-electron chi connectivity index (χ1n) is 13.0. The first-order valence-corrected chi connectivity index (χ1v) is 14.6. The smallest absolute Gasteiger partial charge is 0.338 e. The number of allylic oxidation sites excluding steroid dienone is 1. The van der Waals surface area contributed by atoms with Crippen molar-refractivity contribution in [2.45, 2.75) is 26.5 Å². The summed E-state index contributed by atoms with van der Waals surface area (Å²) in [5.74, 6) is -0.668. The molecule has 0 fully saturated rings. The molecule has 1 atom stereocenters. The van der Waals surface area contributed by atoms with E-state index in [1.807, 2.05) is 0 Å². The minimum atomic E-state index is -0.646. The third-order valence-corrected chi connectivity index (χ3v) is 7.20. The zero-order chi connectivity index (χ0) is 30.9. The first-order chi connectivity index (χ1) is 20.7. The second-order valence-corrected chi connectivity index (χ2v) is 10.8. The molecule has 9 nitrogen and oxygen atoms in total. The van der Waals surface area contributed by atoms with Crippen LogP contribution < -0.4 is 25.5 Å². The Labute approximate surface area is 266 Å². The van der Waals surface area contributed by atoms with Gasteiger partial charge >= 0.3 is 5.97 Å². The molecule has 224 valence electrons. The summed E-state index contributed by atoms with van der Waals surface area (Å²) in [4.78, 5) is 25.2. The van der Waals surface area contributed by atoms with Crippen LogP contribution in [0.25, 0.3) is 0 Å². The van der Waals surface area contributed by atoms with Gasteiger partial charge in [-0.15, -0.1) is 0 Å². The lowest BCUT2D eigenvalue weighted by atomic mass is 9.95. The fourth-order valence-electron chi connectivity index (χ4n) is 4.17. The van der Waals surface area contributed by atoms with Crippen molar-refractivity contribution in [2.75, 3.05) is 13.2 Å². The number of ether oxygens (including phenoxy) is 3. The van der Waals surface area contributed by atoms with E-state index in [-0.39, 0.29) is 30.7 Å². The van der Waals surface area contributed by atoms with Gasteiger partial charge in [0, 0.05) is 16.8 Å². The zero-order valence-corrected chi connectivity index (χ0v) is 26.2. The predicted octanol–water partition coefficient (Wildman–Crippen LogP) is 5.71. The molecule has 1 aliphatic heterocycles. The van der Waals surface area contributed by atoms with Crippen molar-refractivity contribution in [3.8, 4) is 11.5 Å². The first kappa shape index (κ1) is 31.9. The number of hydrogen-bond donors (Lipinski definition) is 3. The topological polar surface area (TPSA) is 110 Å². The number of amides is 1. The Morgan fingerprint density at radius 1 is 1.16 bits per heavy atom. The second-order valence-electron chi connectivity index (χ2n) is 9.10. The molecule has 3 aromatic rings. The lowest BCUT2D eigenvalue weighted by molar-refractivity contribution is -0.139. The van der Waals surface area contributed by atoms with Gasteiger partial charge in [-0.1, -0.05) is 48.0 Å². The highest BCUT2D eigenvalue weighted by molar-refractivity contribution is 9.10. The van der Waals surface area contributed by atoms with Gasteiger partial charge in [-0.05, 0) is 71.8 Å². The van der Waals surface area contributed by atoms with Gasteiger partial charge < -0.3 is 24.8 Å². The highest BCUT2D eigenvalue weighted by Gasteiger charge is 2.32. The number of halogens is 3. The molecule has 1 heterocycles. The molecule has 0 saturated heterocycles. The molecule has 1 amide bonds. The van der Waals surface area contributed by atoms with Gasteiger partial charge in [0.2, 0.25) is 0 Å². The molecule has 0 spiro atoms. The van der Waals surface area contributed by atoms with Gasteiger partial charge in [0.25, 0.3) is 5.91 Å². The van der Waals surface area contributed by atoms with Crippen molar-refractivity contribution in [1.82, 2.24) is 16.1 Å². The molecule has 0 aliphatic carbocycles. The molecule has 0 unspecified atom stereocenters. The second kappa shape index (κ2) is 14.9. The van der Waals surface area contributed by atoms with Gasteiger partial charge in [0.15, 0.2) is 17.5 Å². The lowest BCUT2D eigenvalue weighted by Crippen LogP contribution is -2.45. The number of nitrogens with zero attached hydrogens (tertiary/aromatic N) is 1. The normalized spacial score (nSPS) is 14.6. The highest BCUT2D eigenvalue weighted by Crippen LogP contribution is 2.35. The van der Waals surface area contributed by atoms with Crippen LogP contribution in [-0.4, -0.2) is 36.4 Å². The molecule has 43 heavy (non-hydrogen) atoms. The van der Waals surface area contributed by atoms with Crippen LogP contribution in [0.1, 0.15) is 36.6 Å². The molecule has 1 aliphatic rings. The van der Waals surface area contributed by atoms with Crippen LogP contribution in [-0.2, 0) is 20.9 Å². The molecule has 3 aromatic carbocycles. The third-order valence-electron chi connectivity index (χ3n) is 6.11. The summed E-state index contributed by atoms with van der Waals surface area (Å²) >= 11 is 15.1. The maximum atomic E-state index is 13.9. The van der Waals surface area contributed by atoms with Crippen molar-refractivity contribution >= 4 is 63.0 Å². The van der Waals surface area contributed by atoms with E-state index in [2.05, 4.69) is 37.1 Å². The van der Waals surface area contributed by atoms with Crippen LogP contribution in [0.15, 0.2) is 81.5 Å². The molecule has 0 saturated carbocycles.